The number of benzene rings is 1. The van der Waals surface area contributed by atoms with Gasteiger partial charge in [0.2, 0.25) is 0 Å². The van der Waals surface area contributed by atoms with Gasteiger partial charge in [-0.25, -0.2) is 9.78 Å². The third kappa shape index (κ3) is 3.95. The number of aryl methyl sites for hydroxylation is 1. The van der Waals surface area contributed by atoms with Crippen molar-refractivity contribution in [3.8, 4) is 0 Å². The molecule has 5 rings (SSSR count). The van der Waals surface area contributed by atoms with Gasteiger partial charge in [0.05, 0.1) is 30.0 Å². The summed E-state index contributed by atoms with van der Waals surface area (Å²) in [6.07, 6.45) is 9.40. The summed E-state index contributed by atoms with van der Waals surface area (Å²) < 4.78 is 7.58. The minimum atomic E-state index is -0.467. The lowest BCUT2D eigenvalue weighted by Gasteiger charge is -2.24. The van der Waals surface area contributed by atoms with Gasteiger partial charge in [0.25, 0.3) is 0 Å². The lowest BCUT2D eigenvalue weighted by atomic mass is 9.92. The van der Waals surface area contributed by atoms with E-state index in [4.69, 9.17) is 16.3 Å². The van der Waals surface area contributed by atoms with Crippen molar-refractivity contribution in [2.24, 2.45) is 7.05 Å². The van der Waals surface area contributed by atoms with Crippen LogP contribution in [0.5, 0.6) is 0 Å². The van der Waals surface area contributed by atoms with Crippen molar-refractivity contribution in [3.05, 3.63) is 82.2 Å². The number of nitrogens with one attached hydrogen (secondary N) is 1. The third-order valence-electron chi connectivity index (χ3n) is 5.99. The minimum absolute atomic E-state index is 0.364. The molecular weight excluding hydrogens is 412 g/mol. The molecule has 2 aromatic heterocycles. The molecule has 6 nitrogen and oxygen atoms in total. The van der Waals surface area contributed by atoms with Gasteiger partial charge in [-0.3, -0.25) is 4.98 Å². The van der Waals surface area contributed by atoms with Crippen LogP contribution < -0.4 is 5.32 Å². The summed E-state index contributed by atoms with van der Waals surface area (Å²) in [4.78, 5) is 21.7. The molecule has 7 heteroatoms. The zero-order valence-electron chi connectivity index (χ0n) is 17.4. The highest BCUT2D eigenvalue weighted by atomic mass is 35.5. The van der Waals surface area contributed by atoms with E-state index in [1.165, 1.54) is 0 Å². The molecule has 1 fully saturated rings. The number of pyridine rings is 1. The van der Waals surface area contributed by atoms with Crippen molar-refractivity contribution in [3.63, 3.8) is 0 Å². The molecule has 1 saturated carbocycles. The largest absolute Gasteiger partial charge is 0.443 e. The van der Waals surface area contributed by atoms with Crippen molar-refractivity contribution >= 4 is 29.3 Å². The molecule has 1 atom stereocenters. The van der Waals surface area contributed by atoms with E-state index in [1.54, 1.807) is 18.7 Å². The molecule has 1 aromatic carbocycles. The number of imidazole rings is 1. The average Bonchev–Trinajstić information content (AvgIpc) is 3.35. The second-order valence-electron chi connectivity index (χ2n) is 8.46. The molecule has 0 spiro atoms. The molecule has 2 aliphatic rings. The molecule has 0 radical (unpaired) electrons. The van der Waals surface area contributed by atoms with Gasteiger partial charge in [-0.15, -0.1) is 0 Å². The van der Waals surface area contributed by atoms with Crippen molar-refractivity contribution in [1.82, 2.24) is 19.9 Å². The molecule has 2 heterocycles. The van der Waals surface area contributed by atoms with Gasteiger partial charge in [-0.1, -0.05) is 23.7 Å². The summed E-state index contributed by atoms with van der Waals surface area (Å²) in [5, 5.41) is 3.73. The number of rotatable bonds is 4. The third-order valence-corrected chi connectivity index (χ3v) is 6.23. The van der Waals surface area contributed by atoms with Crippen LogP contribution in [0.4, 0.5) is 4.79 Å². The van der Waals surface area contributed by atoms with Crippen LogP contribution in [0.15, 0.2) is 49.1 Å². The number of amides is 1. The van der Waals surface area contributed by atoms with E-state index in [9.17, 15) is 4.79 Å². The van der Waals surface area contributed by atoms with Gasteiger partial charge in [0.1, 0.15) is 5.60 Å². The maximum absolute atomic E-state index is 12.8. The van der Waals surface area contributed by atoms with Gasteiger partial charge in [0, 0.05) is 24.7 Å². The first kappa shape index (κ1) is 19.8. The maximum atomic E-state index is 12.8. The molecule has 0 saturated heterocycles. The number of alkyl carbamates (subject to hydrolysis) is 1. The van der Waals surface area contributed by atoms with E-state index in [0.29, 0.717) is 11.4 Å². The maximum Gasteiger partial charge on any atom is 0.408 e. The van der Waals surface area contributed by atoms with E-state index >= 15 is 0 Å². The summed E-state index contributed by atoms with van der Waals surface area (Å²) in [6.45, 7) is 1.95. The van der Waals surface area contributed by atoms with Gasteiger partial charge < -0.3 is 14.6 Å². The monoisotopic (exact) mass is 434 g/mol. The van der Waals surface area contributed by atoms with Gasteiger partial charge in [-0.05, 0) is 66.3 Å². The van der Waals surface area contributed by atoms with Crippen LogP contribution in [0, 0.1) is 0 Å². The second-order valence-corrected chi connectivity index (χ2v) is 8.90. The number of fused-ring (bicyclic) bond motifs is 2. The fourth-order valence-electron chi connectivity index (χ4n) is 3.97. The molecule has 2 aliphatic carbocycles. The van der Waals surface area contributed by atoms with Crippen LogP contribution >= 0.6 is 11.6 Å². The summed E-state index contributed by atoms with van der Waals surface area (Å²) >= 11 is 6.40. The fraction of sp³-hybridized carbons (Fsp3) is 0.292. The van der Waals surface area contributed by atoms with Crippen molar-refractivity contribution in [1.29, 1.82) is 0 Å². The zero-order chi connectivity index (χ0) is 21.6. The van der Waals surface area contributed by atoms with Crippen molar-refractivity contribution in [2.45, 2.75) is 37.8 Å². The molecule has 1 N–H and O–H groups in total. The summed E-state index contributed by atoms with van der Waals surface area (Å²) in [7, 11) is 1.91. The summed E-state index contributed by atoms with van der Waals surface area (Å²) in [5.74, 6) is 0. The van der Waals surface area contributed by atoms with E-state index in [1.807, 2.05) is 48.9 Å². The number of carbonyl (C=O) groups excluding carboxylic acids is 1. The number of hydrogen-bond donors (Lipinski definition) is 1. The van der Waals surface area contributed by atoms with Crippen LogP contribution in [-0.4, -0.2) is 26.2 Å². The highest BCUT2D eigenvalue weighted by molar-refractivity contribution is 6.30. The molecule has 0 aliphatic heterocycles. The molecule has 3 aromatic rings. The number of hydrogen-bond acceptors (Lipinski definition) is 4. The Kier molecular flexibility index (Phi) is 4.82. The lowest BCUT2D eigenvalue weighted by molar-refractivity contribution is 0.0918. The van der Waals surface area contributed by atoms with Crippen molar-refractivity contribution < 1.29 is 9.53 Å². The van der Waals surface area contributed by atoms with Gasteiger partial charge in [0.15, 0.2) is 0 Å². The number of aromatic nitrogens is 3. The van der Waals surface area contributed by atoms with E-state index in [2.05, 4.69) is 21.4 Å². The summed E-state index contributed by atoms with van der Waals surface area (Å²) in [5.41, 5.74) is 5.49. The first-order chi connectivity index (χ1) is 14.9. The fourth-order valence-corrected chi connectivity index (χ4v) is 4.14. The first-order valence-corrected chi connectivity index (χ1v) is 10.7. The molecule has 31 heavy (non-hydrogen) atoms. The Morgan fingerprint density at radius 2 is 2.16 bits per heavy atom. The quantitative estimate of drug-likeness (QED) is 0.631. The van der Waals surface area contributed by atoms with Crippen LogP contribution in [0.2, 0.25) is 5.02 Å². The van der Waals surface area contributed by atoms with E-state index in [-0.39, 0.29) is 5.60 Å². The molecule has 1 amide bonds. The number of carbonyl (C=O) groups is 1. The van der Waals surface area contributed by atoms with E-state index < -0.39 is 12.1 Å². The Labute approximate surface area is 185 Å². The smallest absolute Gasteiger partial charge is 0.408 e. The second kappa shape index (κ2) is 7.54. The standard InChI is InChI=1S/C24H23ClN4O2/c1-24(7-8-24)31-23(30)28-22(21-13-26-14-29(21)2)19-10-16-4-3-9-27-20(16)11-15-5-6-17(25)12-18(15)19/h3-6,9-10,12-14,22H,7-8,11H2,1-2H3,(H,28,30)/t22-/m1/s1. The first-order valence-electron chi connectivity index (χ1n) is 10.3. The highest BCUT2D eigenvalue weighted by Gasteiger charge is 2.42. The van der Waals surface area contributed by atoms with Gasteiger partial charge >= 0.3 is 6.09 Å². The molecule has 0 bridgehead atoms. The summed E-state index contributed by atoms with van der Waals surface area (Å²) in [6, 6.07) is 9.36. The Morgan fingerprint density at radius 3 is 2.90 bits per heavy atom. The predicted molar refractivity (Wildman–Crippen MR) is 120 cm³/mol. The zero-order valence-corrected chi connectivity index (χ0v) is 18.2. The SMILES string of the molecule is Cn1cncc1[C@H](NC(=O)OC1(C)CC1)C1=Cc2cccnc2Cc2ccc(Cl)cc21. The van der Waals surface area contributed by atoms with Crippen LogP contribution in [0.1, 0.15) is 53.9 Å². The van der Waals surface area contributed by atoms with Gasteiger partial charge in [-0.2, -0.15) is 0 Å². The predicted octanol–water partition coefficient (Wildman–Crippen LogP) is 4.93. The Balaban J connectivity index is 1.65. The van der Waals surface area contributed by atoms with Crippen LogP contribution in [0.3, 0.4) is 0 Å². The molecule has 0 unspecified atom stereocenters. The highest BCUT2D eigenvalue weighted by Crippen LogP contribution is 2.41. The normalized spacial score (nSPS) is 16.9. The van der Waals surface area contributed by atoms with Crippen LogP contribution in [-0.2, 0) is 18.2 Å². The van der Waals surface area contributed by atoms with Crippen molar-refractivity contribution in [2.75, 3.05) is 0 Å². The molecule has 158 valence electrons. The number of nitrogens with zero attached hydrogens (tertiary/aromatic N) is 3. The Morgan fingerprint density at radius 1 is 1.32 bits per heavy atom. The van der Waals surface area contributed by atoms with Crippen LogP contribution in [0.25, 0.3) is 11.6 Å². The Bertz CT molecular complexity index is 1200. The molecular formula is C24H23ClN4O2. The average molecular weight is 435 g/mol. The van der Waals surface area contributed by atoms with E-state index in [0.717, 1.165) is 46.5 Å². The Hall–Kier alpha value is -3.12. The topological polar surface area (TPSA) is 69.0 Å². The number of halogens is 1. The lowest BCUT2D eigenvalue weighted by Crippen LogP contribution is -2.33. The number of ether oxygens (including phenoxy) is 1. The minimum Gasteiger partial charge on any atom is -0.443 e.